The minimum atomic E-state index is 0.682. The van der Waals surface area contributed by atoms with Gasteiger partial charge in [-0.3, -0.25) is 0 Å². The lowest BCUT2D eigenvalue weighted by Gasteiger charge is -2.11. The van der Waals surface area contributed by atoms with Crippen LogP contribution >= 0.6 is 0 Å². The molecule has 3 heterocycles. The van der Waals surface area contributed by atoms with Gasteiger partial charge in [0.1, 0.15) is 11.6 Å². The lowest BCUT2D eigenvalue weighted by atomic mass is 9.96. The molecular weight excluding hydrogens is 965 g/mol. The molecule has 0 N–H and O–H groups in total. The van der Waals surface area contributed by atoms with Crippen molar-refractivity contribution in [3.8, 4) is 102 Å². The van der Waals surface area contributed by atoms with Crippen molar-refractivity contribution < 1.29 is 0 Å². The van der Waals surface area contributed by atoms with Gasteiger partial charge in [-0.2, -0.15) is 0 Å². The topological polar surface area (TPSA) is 103 Å². The third kappa shape index (κ3) is 12.6. The molecule has 13 aromatic rings. The SMILES string of the molecule is Cc1cc(-c2ccccc2)nc(-c2ccccc2)n1.Cc1nc(-c2ccccc2)nc(-c2cc(-c3ccccc3)cc(-c3ccccc3)c2)n1.Cc1nc(-c2ccccc2)nc(-c2ccc(-c3ccc4ccccc4c3)cc2)n1. The number of aromatic nitrogens is 8. The highest BCUT2D eigenvalue weighted by atomic mass is 15.0. The number of benzene rings is 10. The largest absolute Gasteiger partial charge is 0.233 e. The minimum Gasteiger partial charge on any atom is -0.233 e. The first-order chi connectivity index (χ1) is 38.8. The summed E-state index contributed by atoms with van der Waals surface area (Å²) in [4.78, 5) is 37.0. The smallest absolute Gasteiger partial charge is 0.163 e. The van der Waals surface area contributed by atoms with Gasteiger partial charge in [0.05, 0.1) is 5.69 Å². The summed E-state index contributed by atoms with van der Waals surface area (Å²) in [7, 11) is 0. The first kappa shape index (κ1) is 50.7. The Morgan fingerprint density at radius 2 is 0.506 bits per heavy atom. The van der Waals surface area contributed by atoms with Crippen LogP contribution < -0.4 is 0 Å². The molecule has 79 heavy (non-hydrogen) atoms. The van der Waals surface area contributed by atoms with E-state index in [2.05, 4.69) is 175 Å². The van der Waals surface area contributed by atoms with E-state index in [1.54, 1.807) is 0 Å². The molecule has 0 saturated heterocycles. The Morgan fingerprint density at radius 3 is 0.962 bits per heavy atom. The zero-order valence-electron chi connectivity index (χ0n) is 44.1. The predicted octanol–water partition coefficient (Wildman–Crippen LogP) is 17.3. The standard InChI is InChI=1S/C28H21N3.C26H19N3.C17H14N2/c1-20-29-27(23-15-9-4-10-16-23)31-28(30-20)26-18-24(21-11-5-2-6-12-21)17-25(19-26)22-13-7-3-8-14-22;1-18-27-25(21-8-3-2-4-9-21)29-26(28-18)22-14-11-20(12-15-22)24-16-13-19-7-5-6-10-23(19)17-24;1-13-12-16(14-8-4-2-5-9-14)19-17(18-13)15-10-6-3-7-11-15/h2-19H,1H3;2-17H,1H3;2-12H,1H3. The second-order valence-corrected chi connectivity index (χ2v) is 18.9. The molecule has 378 valence electrons. The van der Waals surface area contributed by atoms with E-state index in [4.69, 9.17) is 9.97 Å². The molecule has 0 aliphatic carbocycles. The molecule has 8 nitrogen and oxygen atoms in total. The number of rotatable bonds is 9. The van der Waals surface area contributed by atoms with Crippen molar-refractivity contribution >= 4 is 10.8 Å². The maximum absolute atomic E-state index is 4.82. The molecule has 0 spiro atoms. The van der Waals surface area contributed by atoms with Crippen molar-refractivity contribution in [2.45, 2.75) is 20.8 Å². The molecular formula is C71H54N8. The van der Waals surface area contributed by atoms with Crippen LogP contribution in [0.5, 0.6) is 0 Å². The van der Waals surface area contributed by atoms with Crippen LogP contribution in [0, 0.1) is 20.8 Å². The highest BCUT2D eigenvalue weighted by Crippen LogP contribution is 2.33. The molecule has 0 saturated carbocycles. The van der Waals surface area contributed by atoms with Gasteiger partial charge < -0.3 is 0 Å². The fourth-order valence-electron chi connectivity index (χ4n) is 9.23. The molecule has 0 fully saturated rings. The first-order valence-corrected chi connectivity index (χ1v) is 26.2. The van der Waals surface area contributed by atoms with Crippen molar-refractivity contribution in [2.24, 2.45) is 0 Å². The van der Waals surface area contributed by atoms with Gasteiger partial charge in [0, 0.05) is 39.1 Å². The quantitative estimate of drug-likeness (QED) is 0.141. The Hall–Kier alpha value is -10.4. The zero-order chi connectivity index (χ0) is 53.8. The summed E-state index contributed by atoms with van der Waals surface area (Å²) in [6.45, 7) is 5.82. The molecule has 0 radical (unpaired) electrons. The monoisotopic (exact) mass is 1020 g/mol. The normalized spacial score (nSPS) is 10.7. The van der Waals surface area contributed by atoms with Crippen LogP contribution in [0.1, 0.15) is 17.3 Å². The molecule has 0 aliphatic heterocycles. The lowest BCUT2D eigenvalue weighted by Crippen LogP contribution is -2.00. The maximum atomic E-state index is 4.82. The summed E-state index contributed by atoms with van der Waals surface area (Å²) in [6, 6.07) is 93.0. The van der Waals surface area contributed by atoms with Crippen molar-refractivity contribution in [3.63, 3.8) is 0 Å². The van der Waals surface area contributed by atoms with Crippen molar-refractivity contribution in [3.05, 3.63) is 290 Å². The van der Waals surface area contributed by atoms with Crippen LogP contribution in [0.4, 0.5) is 0 Å². The minimum absolute atomic E-state index is 0.682. The van der Waals surface area contributed by atoms with Gasteiger partial charge in [-0.05, 0) is 95.3 Å². The van der Waals surface area contributed by atoms with Crippen molar-refractivity contribution in [1.29, 1.82) is 0 Å². The van der Waals surface area contributed by atoms with Crippen LogP contribution in [0.2, 0.25) is 0 Å². The fourth-order valence-corrected chi connectivity index (χ4v) is 9.23. The summed E-state index contributed by atoms with van der Waals surface area (Å²) in [5, 5.41) is 2.50. The molecule has 0 unspecified atom stereocenters. The highest BCUT2D eigenvalue weighted by molar-refractivity contribution is 5.87. The van der Waals surface area contributed by atoms with Gasteiger partial charge in [-0.1, -0.05) is 243 Å². The van der Waals surface area contributed by atoms with Gasteiger partial charge in [0.25, 0.3) is 0 Å². The summed E-state index contributed by atoms with van der Waals surface area (Å²) < 4.78 is 0. The van der Waals surface area contributed by atoms with E-state index in [1.807, 2.05) is 148 Å². The van der Waals surface area contributed by atoms with Crippen LogP contribution in [0.3, 0.4) is 0 Å². The molecule has 0 atom stereocenters. The van der Waals surface area contributed by atoms with Crippen LogP contribution in [-0.4, -0.2) is 39.9 Å². The number of nitrogens with zero attached hydrogens (tertiary/aromatic N) is 8. The van der Waals surface area contributed by atoms with Crippen LogP contribution in [-0.2, 0) is 0 Å². The van der Waals surface area contributed by atoms with Gasteiger partial charge in [0.2, 0.25) is 0 Å². The molecule has 10 aromatic carbocycles. The van der Waals surface area contributed by atoms with Gasteiger partial charge in [-0.15, -0.1) is 0 Å². The Morgan fingerprint density at radius 1 is 0.190 bits per heavy atom. The van der Waals surface area contributed by atoms with Gasteiger partial charge >= 0.3 is 0 Å². The Labute approximate surface area is 461 Å². The predicted molar refractivity (Wildman–Crippen MR) is 322 cm³/mol. The second-order valence-electron chi connectivity index (χ2n) is 18.9. The van der Waals surface area contributed by atoms with E-state index in [9.17, 15) is 0 Å². The van der Waals surface area contributed by atoms with Gasteiger partial charge in [0.15, 0.2) is 29.1 Å². The summed E-state index contributed by atoms with van der Waals surface area (Å²) >= 11 is 0. The zero-order valence-corrected chi connectivity index (χ0v) is 44.1. The molecule has 0 bridgehead atoms. The summed E-state index contributed by atoms with van der Waals surface area (Å²) in [5.41, 5.74) is 15.0. The van der Waals surface area contributed by atoms with Gasteiger partial charge in [-0.25, -0.2) is 39.9 Å². The molecule has 8 heteroatoms. The lowest BCUT2D eigenvalue weighted by molar-refractivity contribution is 0.991. The third-order valence-corrected chi connectivity index (χ3v) is 13.1. The Bertz CT molecular complexity index is 4010. The van der Waals surface area contributed by atoms with Crippen LogP contribution in [0.25, 0.3) is 112 Å². The highest BCUT2D eigenvalue weighted by Gasteiger charge is 2.14. The number of hydrogen-bond acceptors (Lipinski definition) is 8. The molecule has 0 aliphatic rings. The molecule has 0 amide bonds. The molecule has 3 aromatic heterocycles. The Kier molecular flexibility index (Phi) is 15.4. The maximum Gasteiger partial charge on any atom is 0.163 e. The number of fused-ring (bicyclic) bond motifs is 1. The number of aryl methyl sites for hydroxylation is 3. The van der Waals surface area contributed by atoms with E-state index in [-0.39, 0.29) is 0 Å². The van der Waals surface area contributed by atoms with E-state index in [0.29, 0.717) is 34.9 Å². The fraction of sp³-hybridized carbons (Fsp3) is 0.0423. The average molecular weight is 1020 g/mol. The summed E-state index contributed by atoms with van der Waals surface area (Å²) in [6.07, 6.45) is 0. The van der Waals surface area contributed by atoms with Crippen molar-refractivity contribution in [1.82, 2.24) is 39.9 Å². The second kappa shape index (κ2) is 24.0. The van der Waals surface area contributed by atoms with Crippen molar-refractivity contribution in [2.75, 3.05) is 0 Å². The van der Waals surface area contributed by atoms with Crippen LogP contribution in [0.15, 0.2) is 273 Å². The third-order valence-electron chi connectivity index (χ3n) is 13.1. The van der Waals surface area contributed by atoms with E-state index in [1.165, 1.54) is 21.9 Å². The first-order valence-electron chi connectivity index (χ1n) is 26.2. The van der Waals surface area contributed by atoms with E-state index >= 15 is 0 Å². The number of hydrogen-bond donors (Lipinski definition) is 0. The molecule has 13 rings (SSSR count). The Balaban J connectivity index is 0.000000129. The summed E-state index contributed by atoms with van der Waals surface area (Å²) in [5.74, 6) is 4.96. The van der Waals surface area contributed by atoms with E-state index in [0.717, 1.165) is 72.8 Å². The average Bonchev–Trinajstić information content (AvgIpc) is 3.52. The van der Waals surface area contributed by atoms with E-state index < -0.39 is 0 Å².